The maximum atomic E-state index is 12.9. The third kappa shape index (κ3) is 4.14. The van der Waals surface area contributed by atoms with Gasteiger partial charge in [0.05, 0.1) is 35.8 Å². The standard InChI is InChI=1S/C21H20BrN3O3/c1-14-19(12-23-25(14)18-10-8-17(22)9-11-18)20(26)24(2)13-15-4-6-16(7-5-15)21(27)28-3/h4-12H,13H2,1-3H3. The second-order valence-electron chi connectivity index (χ2n) is 6.38. The van der Waals surface area contributed by atoms with Gasteiger partial charge >= 0.3 is 5.97 Å². The van der Waals surface area contributed by atoms with Crippen LogP contribution in [0.15, 0.2) is 59.2 Å². The van der Waals surface area contributed by atoms with Gasteiger partial charge in [0.15, 0.2) is 0 Å². The molecule has 0 atom stereocenters. The number of ether oxygens (including phenoxy) is 1. The Morgan fingerprint density at radius 3 is 2.36 bits per heavy atom. The minimum Gasteiger partial charge on any atom is -0.465 e. The van der Waals surface area contributed by atoms with Gasteiger partial charge in [-0.1, -0.05) is 28.1 Å². The summed E-state index contributed by atoms with van der Waals surface area (Å²) >= 11 is 3.42. The SMILES string of the molecule is COC(=O)c1ccc(CN(C)C(=O)c2cnn(-c3ccc(Br)cc3)c2C)cc1. The van der Waals surface area contributed by atoms with E-state index in [1.54, 1.807) is 35.0 Å². The van der Waals surface area contributed by atoms with Crippen molar-refractivity contribution >= 4 is 27.8 Å². The molecule has 0 unspecified atom stereocenters. The number of esters is 1. The van der Waals surface area contributed by atoms with Gasteiger partial charge in [0.2, 0.25) is 0 Å². The van der Waals surface area contributed by atoms with Crippen LogP contribution in [0.3, 0.4) is 0 Å². The minimum absolute atomic E-state index is 0.113. The molecule has 1 amide bonds. The molecule has 144 valence electrons. The highest BCUT2D eigenvalue weighted by atomic mass is 79.9. The summed E-state index contributed by atoms with van der Waals surface area (Å²) in [6, 6.07) is 14.7. The molecule has 7 heteroatoms. The van der Waals surface area contributed by atoms with Crippen LogP contribution in [-0.2, 0) is 11.3 Å². The molecule has 6 nitrogen and oxygen atoms in total. The van der Waals surface area contributed by atoms with Crippen LogP contribution in [0.2, 0.25) is 0 Å². The van der Waals surface area contributed by atoms with Crippen molar-refractivity contribution in [2.24, 2.45) is 0 Å². The number of methoxy groups -OCH3 is 1. The van der Waals surface area contributed by atoms with E-state index in [4.69, 9.17) is 4.74 Å². The topological polar surface area (TPSA) is 64.4 Å². The quantitative estimate of drug-likeness (QED) is 0.561. The van der Waals surface area contributed by atoms with Crippen LogP contribution in [-0.4, -0.2) is 40.7 Å². The van der Waals surface area contributed by atoms with Gasteiger partial charge in [0.25, 0.3) is 5.91 Å². The molecule has 3 rings (SSSR count). The molecule has 3 aromatic rings. The zero-order valence-corrected chi connectivity index (χ0v) is 17.4. The van der Waals surface area contributed by atoms with Crippen LogP contribution in [0.4, 0.5) is 0 Å². The van der Waals surface area contributed by atoms with Gasteiger partial charge in [-0.2, -0.15) is 5.10 Å². The molecule has 1 aromatic heterocycles. The fraction of sp³-hybridized carbons (Fsp3) is 0.190. The Morgan fingerprint density at radius 1 is 1.11 bits per heavy atom. The molecule has 0 aliphatic rings. The average molecular weight is 442 g/mol. The molecule has 0 aliphatic carbocycles. The van der Waals surface area contributed by atoms with E-state index in [1.807, 2.05) is 43.3 Å². The number of halogens is 1. The van der Waals surface area contributed by atoms with Crippen molar-refractivity contribution < 1.29 is 14.3 Å². The maximum Gasteiger partial charge on any atom is 0.337 e. The molecule has 0 saturated heterocycles. The Morgan fingerprint density at radius 2 is 1.75 bits per heavy atom. The van der Waals surface area contributed by atoms with Crippen molar-refractivity contribution in [2.45, 2.75) is 13.5 Å². The summed E-state index contributed by atoms with van der Waals surface area (Å²) in [5, 5.41) is 4.37. The fourth-order valence-electron chi connectivity index (χ4n) is 2.88. The number of rotatable bonds is 5. The number of nitrogens with zero attached hydrogens (tertiary/aromatic N) is 3. The second kappa shape index (κ2) is 8.39. The first-order valence-corrected chi connectivity index (χ1v) is 9.43. The molecular formula is C21H20BrN3O3. The lowest BCUT2D eigenvalue weighted by Crippen LogP contribution is -2.26. The van der Waals surface area contributed by atoms with E-state index in [-0.39, 0.29) is 11.9 Å². The predicted molar refractivity (Wildman–Crippen MR) is 110 cm³/mol. The zero-order valence-electron chi connectivity index (χ0n) is 15.8. The summed E-state index contributed by atoms with van der Waals surface area (Å²) < 4.78 is 7.43. The first-order chi connectivity index (χ1) is 13.4. The van der Waals surface area contributed by atoms with Crippen LogP contribution in [0.5, 0.6) is 0 Å². The van der Waals surface area contributed by atoms with Crippen LogP contribution >= 0.6 is 15.9 Å². The summed E-state index contributed by atoms with van der Waals surface area (Å²) in [7, 11) is 3.09. The van der Waals surface area contributed by atoms with Crippen molar-refractivity contribution in [3.05, 3.63) is 81.6 Å². The lowest BCUT2D eigenvalue weighted by Gasteiger charge is -2.17. The number of amides is 1. The first-order valence-electron chi connectivity index (χ1n) is 8.64. The number of hydrogen-bond acceptors (Lipinski definition) is 4. The second-order valence-corrected chi connectivity index (χ2v) is 7.30. The van der Waals surface area contributed by atoms with Crippen molar-refractivity contribution in [2.75, 3.05) is 14.2 Å². The molecule has 1 heterocycles. The highest BCUT2D eigenvalue weighted by molar-refractivity contribution is 9.10. The third-order valence-electron chi connectivity index (χ3n) is 4.45. The maximum absolute atomic E-state index is 12.9. The van der Waals surface area contributed by atoms with Gasteiger partial charge in [0.1, 0.15) is 0 Å². The summed E-state index contributed by atoms with van der Waals surface area (Å²) in [5.74, 6) is -0.495. The monoisotopic (exact) mass is 441 g/mol. The van der Waals surface area contributed by atoms with Gasteiger partial charge in [-0.25, -0.2) is 9.48 Å². The first kappa shape index (κ1) is 19.8. The van der Waals surface area contributed by atoms with Crippen molar-refractivity contribution in [3.8, 4) is 5.69 Å². The third-order valence-corrected chi connectivity index (χ3v) is 4.98. The lowest BCUT2D eigenvalue weighted by molar-refractivity contribution is 0.0600. The molecule has 2 aromatic carbocycles. The highest BCUT2D eigenvalue weighted by Crippen LogP contribution is 2.19. The molecule has 0 spiro atoms. The molecule has 0 aliphatic heterocycles. The molecule has 0 fully saturated rings. The van der Waals surface area contributed by atoms with Crippen LogP contribution in [0, 0.1) is 6.92 Å². The van der Waals surface area contributed by atoms with Crippen LogP contribution in [0.1, 0.15) is 32.0 Å². The Balaban J connectivity index is 1.75. The Kier molecular flexibility index (Phi) is 5.94. The predicted octanol–water partition coefficient (Wildman–Crippen LogP) is 4.00. The molecule has 28 heavy (non-hydrogen) atoms. The van der Waals surface area contributed by atoms with Gasteiger partial charge in [-0.05, 0) is 48.9 Å². The van der Waals surface area contributed by atoms with Crippen LogP contribution < -0.4 is 0 Å². The number of carbonyl (C=O) groups is 2. The Bertz CT molecular complexity index is 995. The lowest BCUT2D eigenvalue weighted by atomic mass is 10.1. The van der Waals surface area contributed by atoms with Gasteiger partial charge < -0.3 is 9.64 Å². The highest BCUT2D eigenvalue weighted by Gasteiger charge is 2.19. The van der Waals surface area contributed by atoms with E-state index in [0.717, 1.165) is 21.4 Å². The fourth-order valence-corrected chi connectivity index (χ4v) is 3.14. The van der Waals surface area contributed by atoms with Crippen molar-refractivity contribution in [1.29, 1.82) is 0 Å². The van der Waals surface area contributed by atoms with Crippen molar-refractivity contribution in [1.82, 2.24) is 14.7 Å². The van der Waals surface area contributed by atoms with Crippen molar-refractivity contribution in [3.63, 3.8) is 0 Å². The summed E-state index contributed by atoms with van der Waals surface area (Å²) in [5.41, 5.74) is 3.62. The van der Waals surface area contributed by atoms with E-state index in [2.05, 4.69) is 21.0 Å². The van der Waals surface area contributed by atoms with E-state index < -0.39 is 0 Å². The molecule has 0 N–H and O–H groups in total. The van der Waals surface area contributed by atoms with E-state index >= 15 is 0 Å². The molecule has 0 saturated carbocycles. The van der Waals surface area contributed by atoms with Gasteiger partial charge in [-0.3, -0.25) is 4.79 Å². The smallest absolute Gasteiger partial charge is 0.337 e. The summed E-state index contributed by atoms with van der Waals surface area (Å²) in [6.07, 6.45) is 1.59. The number of hydrogen-bond donors (Lipinski definition) is 0. The average Bonchev–Trinajstić information content (AvgIpc) is 3.09. The Labute approximate surface area is 171 Å². The van der Waals surface area contributed by atoms with E-state index in [1.165, 1.54) is 7.11 Å². The Hall–Kier alpha value is -2.93. The summed E-state index contributed by atoms with van der Waals surface area (Å²) in [4.78, 5) is 26.0. The number of carbonyl (C=O) groups excluding carboxylic acids is 2. The van der Waals surface area contributed by atoms with E-state index in [0.29, 0.717) is 17.7 Å². The molecule has 0 bridgehead atoms. The van der Waals surface area contributed by atoms with Gasteiger partial charge in [-0.15, -0.1) is 0 Å². The largest absolute Gasteiger partial charge is 0.465 e. The van der Waals surface area contributed by atoms with E-state index in [9.17, 15) is 9.59 Å². The number of aromatic nitrogens is 2. The summed E-state index contributed by atoms with van der Waals surface area (Å²) in [6.45, 7) is 2.30. The normalized spacial score (nSPS) is 10.6. The zero-order chi connectivity index (χ0) is 20.3. The van der Waals surface area contributed by atoms with Crippen LogP contribution in [0.25, 0.3) is 5.69 Å². The molecule has 0 radical (unpaired) electrons. The van der Waals surface area contributed by atoms with Gasteiger partial charge in [0, 0.05) is 18.1 Å². The minimum atomic E-state index is -0.382. The number of benzene rings is 2. The molecular weight excluding hydrogens is 422 g/mol.